The van der Waals surface area contributed by atoms with Crippen LogP contribution in [0.3, 0.4) is 0 Å². The van der Waals surface area contributed by atoms with Crippen LogP contribution in [0.25, 0.3) is 21.8 Å². The van der Waals surface area contributed by atoms with Crippen LogP contribution in [0.2, 0.25) is 0 Å². The van der Waals surface area contributed by atoms with E-state index in [9.17, 15) is 82.8 Å². The number of H-pyrrole nitrogens is 3. The number of nitrogens with one attached hydrogen (secondary N) is 16. The Labute approximate surface area is 663 Å². The third kappa shape index (κ3) is 27.8. The summed E-state index contributed by atoms with van der Waals surface area (Å²) in [5.41, 5.74) is 8.60. The predicted octanol–water partition coefficient (Wildman–Crippen LogP) is -2.95. The van der Waals surface area contributed by atoms with E-state index in [0.29, 0.717) is 38.6 Å². The molecule has 0 saturated heterocycles. The highest BCUT2D eigenvalue weighted by atomic mass is 16.5. The van der Waals surface area contributed by atoms with Gasteiger partial charge in [-0.25, -0.2) is 4.98 Å². The molecule has 5 heterocycles. The lowest BCUT2D eigenvalue weighted by atomic mass is 9.98. The topological polar surface area (TPSA) is 593 Å². The van der Waals surface area contributed by atoms with Crippen LogP contribution >= 0.6 is 0 Å². The van der Waals surface area contributed by atoms with Gasteiger partial charge in [-0.2, -0.15) is 0 Å². The van der Waals surface area contributed by atoms with Gasteiger partial charge >= 0.3 is 5.97 Å². The van der Waals surface area contributed by atoms with Crippen molar-refractivity contribution in [2.24, 2.45) is 23.5 Å². The summed E-state index contributed by atoms with van der Waals surface area (Å²) in [5.74, 6) is -14.8. The Morgan fingerprint density at radius 1 is 0.617 bits per heavy atom. The van der Waals surface area contributed by atoms with Gasteiger partial charge in [-0.3, -0.25) is 71.8 Å². The molecule has 13 amide bonds. The first-order valence-electron chi connectivity index (χ1n) is 38.4. The maximum Gasteiger partial charge on any atom is 0.305 e. The number of aliphatic carboxylic acids is 1. The molecule has 0 radical (unpaired) electrons. The fourth-order valence-corrected chi connectivity index (χ4v) is 13.1. The number of aliphatic hydroxyl groups is 3. The Hall–Kier alpha value is -11.7. The summed E-state index contributed by atoms with van der Waals surface area (Å²) in [6.07, 6.45) is 1.69. The molecule has 626 valence electrons. The first kappa shape index (κ1) is 90.5. The molecule has 39 nitrogen and oxygen atoms in total. The normalized spacial score (nSPS) is 22.7. The SMILES string of the molecule is CN[C@@H](CC(=O)O)C(=O)N[C@H]1CCc2cn(nn2)CCCC[C@@H](C(=O)N[C@H](C(N)=O)[C@@H](C)O)NC(=O)[C@H](Cc2c[nH]c3ccccc23)NC(=O)[C@H](C(C)C)NC(=O)[C@H](CC(C)C)NC(=O)[C@H](CCC(O)O)NC(=O)CNC(=O)[C@H](CC(C)C)NC(=O)[C@H](Cc2c[nH]cn2)NC(=O)[C@H](Cc2c[nH]c3ccccc23)NC(=O)[C@H](C)NC1=O. The van der Waals surface area contributed by atoms with Crippen LogP contribution in [0.4, 0.5) is 0 Å². The van der Waals surface area contributed by atoms with E-state index in [0.717, 1.165) is 0 Å². The molecule has 0 fully saturated rings. The zero-order chi connectivity index (χ0) is 84.3. The second kappa shape index (κ2) is 43.5. The van der Waals surface area contributed by atoms with Crippen molar-refractivity contribution in [3.63, 3.8) is 0 Å². The standard InChI is InChI=1S/C76H109N21O18/c1-38(2)26-55-67(106)82-35-60(99)85-52(23-24-61(100)101)69(108)90-56(27-39(3)4)75(114)93-63(40(5)6)76(115)92-58(29-44-33-81-50-19-13-11-17-48(44)50)72(111)86-51(70(109)94-64(42(8)98)65(77)104)20-14-15-25-97-36-45(95-96-97)21-22-53(87-71(110)54(78-9)31-62(102)103)68(107)84-41(7)66(105)88-57(28-43-32-80-49-18-12-10-16-47(43)49)73(112)91-59(74(113)89-55)30-46-34-79-37-83-46/h10-13,16-19,32-34,36-42,51-59,61,63-64,78,80-81,98,100-101H,14-15,20-31,35H2,1-9H3,(H2,77,104)(H,79,83)(H,82,106)(H,84,107)(H,85,99)(H,86,111)(H,87,110)(H,88,105)(H,89,113)(H,90,108)(H,91,112)(H,92,115)(H,93,114)(H,94,109)(H,102,103)/t41-,42+,51-,52-,53-,54-,55-,56-,57-,58-,59-,63-,64-/m0/s1. The number of fused-ring (bicyclic) bond motifs is 4. The second-order valence-electron chi connectivity index (χ2n) is 30.0. The molecular formula is C76H109N21O18. The summed E-state index contributed by atoms with van der Waals surface area (Å²) in [6, 6.07) is -3.62. The van der Waals surface area contributed by atoms with Crippen LogP contribution in [0.15, 0.2) is 79.6 Å². The average molecular weight is 1600 g/mol. The molecule has 7 rings (SSSR count). The molecule has 0 aliphatic carbocycles. The number of carbonyl (C=O) groups is 14. The Balaban J connectivity index is 1.26. The van der Waals surface area contributed by atoms with Gasteiger partial charge in [-0.1, -0.05) is 83.2 Å². The minimum atomic E-state index is -1.98. The van der Waals surface area contributed by atoms with Gasteiger partial charge in [0.05, 0.1) is 42.8 Å². The molecular weight excluding hydrogens is 1490 g/mol. The third-order valence-corrected chi connectivity index (χ3v) is 19.3. The van der Waals surface area contributed by atoms with Crippen molar-refractivity contribution >= 4 is 105 Å². The Kier molecular flexibility index (Phi) is 34.2. The highest BCUT2D eigenvalue weighted by Gasteiger charge is 2.39. The third-order valence-electron chi connectivity index (χ3n) is 19.3. The predicted molar refractivity (Wildman–Crippen MR) is 416 cm³/mol. The lowest BCUT2D eigenvalue weighted by molar-refractivity contribution is -0.140. The maximum atomic E-state index is 15.0. The molecule has 0 spiro atoms. The summed E-state index contributed by atoms with van der Waals surface area (Å²) >= 11 is 0. The van der Waals surface area contributed by atoms with E-state index in [-0.39, 0.29) is 88.3 Å². The van der Waals surface area contributed by atoms with Crippen molar-refractivity contribution < 1.29 is 87.5 Å². The van der Waals surface area contributed by atoms with Crippen LogP contribution in [-0.4, -0.2) is 237 Å². The minimum absolute atomic E-state index is 0.0392. The number of hydrogen-bond acceptors (Lipinski definition) is 21. The number of nitrogens with two attached hydrogens (primary N) is 1. The fraction of sp³-hybridized carbons (Fsp3) is 0.539. The molecule has 0 unspecified atom stereocenters. The number of aromatic amines is 3. The van der Waals surface area contributed by atoms with E-state index in [2.05, 4.69) is 99.4 Å². The molecule has 2 aromatic carbocycles. The number of aliphatic hydroxyl groups excluding tert-OH is 2. The number of primary amides is 1. The van der Waals surface area contributed by atoms with Crippen LogP contribution < -0.4 is 74.9 Å². The zero-order valence-electron chi connectivity index (χ0n) is 65.8. The number of carbonyl (C=O) groups excluding carboxylic acids is 13. The fourth-order valence-electron chi connectivity index (χ4n) is 13.1. The van der Waals surface area contributed by atoms with Gasteiger partial charge in [0.1, 0.15) is 66.5 Å². The number of benzene rings is 2. The highest BCUT2D eigenvalue weighted by molar-refractivity contribution is 6.00. The number of aryl methyl sites for hydroxylation is 2. The number of aromatic nitrogens is 7. The van der Waals surface area contributed by atoms with Crippen molar-refractivity contribution in [1.29, 1.82) is 0 Å². The van der Waals surface area contributed by atoms with Crippen molar-refractivity contribution in [2.45, 2.75) is 230 Å². The first-order valence-corrected chi connectivity index (χ1v) is 38.4. The maximum absolute atomic E-state index is 15.0. The molecule has 39 heteroatoms. The monoisotopic (exact) mass is 1600 g/mol. The lowest BCUT2D eigenvalue weighted by Gasteiger charge is -2.29. The molecule has 115 heavy (non-hydrogen) atoms. The Bertz CT molecular complexity index is 4340. The summed E-state index contributed by atoms with van der Waals surface area (Å²) in [7, 11) is 1.34. The number of carboxylic acids is 1. The number of nitrogens with zero attached hydrogens (tertiary/aromatic N) is 4. The highest BCUT2D eigenvalue weighted by Crippen LogP contribution is 2.23. The van der Waals surface area contributed by atoms with Crippen LogP contribution in [0.1, 0.15) is 136 Å². The lowest BCUT2D eigenvalue weighted by Crippen LogP contribution is -2.61. The van der Waals surface area contributed by atoms with Crippen LogP contribution in [0, 0.1) is 17.8 Å². The number of imidazole rings is 1. The average Bonchev–Trinajstić information content (AvgIpc) is 1.70. The van der Waals surface area contributed by atoms with E-state index >= 15 is 4.79 Å². The Morgan fingerprint density at radius 2 is 1.17 bits per heavy atom. The van der Waals surface area contributed by atoms with Crippen molar-refractivity contribution in [3.8, 4) is 0 Å². The van der Waals surface area contributed by atoms with Gasteiger partial charge in [-0.05, 0) is 113 Å². The zero-order valence-corrected chi connectivity index (χ0v) is 65.8. The summed E-state index contributed by atoms with van der Waals surface area (Å²) in [5, 5.41) is 84.2. The number of rotatable bonds is 23. The van der Waals surface area contributed by atoms with E-state index in [4.69, 9.17) is 5.73 Å². The number of para-hydroxylation sites is 2. The Morgan fingerprint density at radius 3 is 1.71 bits per heavy atom. The molecule has 2 bridgehead atoms. The number of likely N-dealkylation sites (N-methyl/N-ethyl adjacent to an activating group) is 1. The number of carboxylic acid groups (broad SMARTS) is 1. The second-order valence-corrected chi connectivity index (χ2v) is 30.0. The molecule has 13 atom stereocenters. The summed E-state index contributed by atoms with van der Waals surface area (Å²) < 4.78 is 1.44. The van der Waals surface area contributed by atoms with Gasteiger partial charge in [0.25, 0.3) is 0 Å². The largest absolute Gasteiger partial charge is 0.481 e. The molecule has 1 aliphatic rings. The van der Waals surface area contributed by atoms with Crippen LogP contribution in [-0.2, 0) is 99.4 Å². The van der Waals surface area contributed by atoms with E-state index in [1.165, 1.54) is 44.3 Å². The van der Waals surface area contributed by atoms with Gasteiger partial charge in [0.15, 0.2) is 6.29 Å². The quantitative estimate of drug-likeness (QED) is 0.0285. The van der Waals surface area contributed by atoms with Crippen molar-refractivity contribution in [3.05, 3.63) is 102 Å². The molecule has 4 aromatic heterocycles. The number of amides is 13. The van der Waals surface area contributed by atoms with Gasteiger partial charge < -0.3 is 110 Å². The van der Waals surface area contributed by atoms with Gasteiger partial charge in [0, 0.05) is 78.8 Å². The number of hydrogen-bond donors (Lipinski definition) is 21. The molecule has 1 aliphatic heterocycles. The molecule has 6 aromatic rings. The van der Waals surface area contributed by atoms with E-state index in [1.54, 1.807) is 102 Å². The first-order chi connectivity index (χ1) is 54.6. The van der Waals surface area contributed by atoms with Gasteiger partial charge in [-0.15, -0.1) is 5.10 Å². The summed E-state index contributed by atoms with van der Waals surface area (Å²) in [4.78, 5) is 212. The van der Waals surface area contributed by atoms with Crippen molar-refractivity contribution in [1.82, 2.24) is 104 Å². The van der Waals surface area contributed by atoms with E-state index in [1.807, 2.05) is 0 Å². The van der Waals surface area contributed by atoms with Crippen LogP contribution in [0.5, 0.6) is 0 Å². The summed E-state index contributed by atoms with van der Waals surface area (Å²) in [6.45, 7) is 12.0. The van der Waals surface area contributed by atoms with E-state index < -0.39 is 199 Å². The minimum Gasteiger partial charge on any atom is -0.481 e. The van der Waals surface area contributed by atoms with Crippen molar-refractivity contribution in [2.75, 3.05) is 13.6 Å². The molecule has 0 saturated carbocycles. The molecule has 22 N–H and O–H groups in total. The van der Waals surface area contributed by atoms with Gasteiger partial charge in [0.2, 0.25) is 76.8 Å². The smallest absolute Gasteiger partial charge is 0.305 e.